The van der Waals surface area contributed by atoms with Crippen LogP contribution in [0, 0.1) is 0 Å². The Labute approximate surface area is 810 Å². The molecule has 0 radical (unpaired) electrons. The van der Waals surface area contributed by atoms with E-state index in [0.717, 1.165) is 128 Å². The third-order valence-electron chi connectivity index (χ3n) is 28.0. The van der Waals surface area contributed by atoms with Crippen LogP contribution in [0.4, 0.5) is 34.1 Å². The van der Waals surface area contributed by atoms with Gasteiger partial charge < -0.3 is 27.8 Å². The van der Waals surface area contributed by atoms with Crippen molar-refractivity contribution in [2.75, 3.05) is 9.80 Å². The molecule has 0 aliphatic rings. The van der Waals surface area contributed by atoms with Gasteiger partial charge in [0.05, 0.1) is 33.4 Å². The second-order valence-corrected chi connectivity index (χ2v) is 36.2. The molecule has 0 saturated heterocycles. The van der Waals surface area contributed by atoms with Crippen molar-refractivity contribution >= 4 is 143 Å². The van der Waals surface area contributed by atoms with Gasteiger partial charge in [0.1, 0.15) is 11.2 Å². The second kappa shape index (κ2) is 35.0. The van der Waals surface area contributed by atoms with Crippen molar-refractivity contribution in [3.05, 3.63) is 534 Å². The van der Waals surface area contributed by atoms with Gasteiger partial charge in [-0.2, -0.15) is 0 Å². The maximum absolute atomic E-state index is 6.83. The molecule has 27 aromatic rings. The van der Waals surface area contributed by atoms with Crippen molar-refractivity contribution in [3.63, 3.8) is 0 Å². The van der Waals surface area contributed by atoms with Crippen molar-refractivity contribution in [3.8, 4) is 112 Å². The van der Waals surface area contributed by atoms with E-state index < -0.39 is 0 Å². The number of nitrogens with zero attached hydrogens (tertiary/aromatic N) is 4. The molecule has 0 saturated carbocycles. The molecular formula is C134H88N4O2. The summed E-state index contributed by atoms with van der Waals surface area (Å²) in [6.45, 7) is 0. The van der Waals surface area contributed by atoms with Crippen LogP contribution < -0.4 is 9.80 Å². The monoisotopic (exact) mass is 1780 g/mol. The highest BCUT2D eigenvalue weighted by atomic mass is 16.3. The Morgan fingerprint density at radius 3 is 0.700 bits per heavy atom. The molecule has 6 nitrogen and oxygen atoms in total. The summed E-state index contributed by atoms with van der Waals surface area (Å²) in [4.78, 5) is 4.69. The summed E-state index contributed by atoms with van der Waals surface area (Å²) in [7, 11) is 0. The van der Waals surface area contributed by atoms with E-state index in [-0.39, 0.29) is 0 Å². The van der Waals surface area contributed by atoms with Crippen LogP contribution in [0.25, 0.3) is 221 Å². The molecule has 0 unspecified atom stereocenters. The lowest BCUT2D eigenvalue weighted by atomic mass is 9.97. The van der Waals surface area contributed by atoms with Crippen LogP contribution in [0.2, 0.25) is 0 Å². The summed E-state index contributed by atoms with van der Waals surface area (Å²) >= 11 is 0. The molecule has 4 aromatic heterocycles. The van der Waals surface area contributed by atoms with Crippen LogP contribution in [-0.2, 0) is 0 Å². The Balaban J connectivity index is 0.000000145. The van der Waals surface area contributed by atoms with Gasteiger partial charge in [0.2, 0.25) is 0 Å². The maximum atomic E-state index is 6.83. The third-order valence-corrected chi connectivity index (χ3v) is 28.0. The first-order valence-electron chi connectivity index (χ1n) is 47.9. The Kier molecular flexibility index (Phi) is 20.5. The van der Waals surface area contributed by atoms with E-state index in [1.165, 1.54) is 127 Å². The molecule has 6 heteroatoms. The lowest BCUT2D eigenvalue weighted by Gasteiger charge is -2.26. The predicted octanol–water partition coefficient (Wildman–Crippen LogP) is 37.6. The van der Waals surface area contributed by atoms with E-state index in [1.807, 2.05) is 12.1 Å². The van der Waals surface area contributed by atoms with Gasteiger partial charge in [0, 0.05) is 77.2 Å². The largest absolute Gasteiger partial charge is 0.454 e. The van der Waals surface area contributed by atoms with Crippen LogP contribution in [0.1, 0.15) is 0 Å². The summed E-state index contributed by atoms with van der Waals surface area (Å²) < 4.78 is 18.4. The van der Waals surface area contributed by atoms with Crippen LogP contribution in [0.5, 0.6) is 0 Å². The second-order valence-electron chi connectivity index (χ2n) is 36.2. The first kappa shape index (κ1) is 82.1. The number of benzene rings is 23. The third kappa shape index (κ3) is 14.9. The first-order valence-corrected chi connectivity index (χ1v) is 47.9. The van der Waals surface area contributed by atoms with Crippen molar-refractivity contribution in [1.82, 2.24) is 9.13 Å². The Bertz CT molecular complexity index is 9260. The van der Waals surface area contributed by atoms with E-state index in [2.05, 4.69) is 541 Å². The summed E-state index contributed by atoms with van der Waals surface area (Å²) in [5, 5.41) is 14.2. The standard InChI is InChI=1S/C70H46N2O.C64H42N2O/c1-3-13-47(14-4-1)48-23-25-51(26-24-48)53-35-40-59(41-36-53)71(67-46-57-15-7-8-18-61(57)69-63-20-10-12-22-68(63)73-70(67)69)60-42-37-54(38-43-60)52-29-27-49(28-30-52)50-31-33-55(34-32-50)56-39-44-66-64(45-56)62-19-9-11-21-65(62)72(66)58-16-5-2-6-17-58;1-2-12-43(13-3-1)44-22-24-45(25-23-44)48-30-36-52(37-31-48)65(61-42-51-14-4-5-15-55(51)63-58-18-8-11-21-62(58)67-64(61)63)53-38-32-49(33-39-53)46-26-28-47(29-27-46)50-34-40-54(41-35-50)66-59-19-9-6-16-56(59)57-17-7-10-20-60(57)66/h1-46H;1-42H. The zero-order valence-corrected chi connectivity index (χ0v) is 76.4. The molecule has 4 heterocycles. The van der Waals surface area contributed by atoms with Crippen molar-refractivity contribution in [2.24, 2.45) is 0 Å². The van der Waals surface area contributed by atoms with Crippen molar-refractivity contribution < 1.29 is 8.83 Å². The van der Waals surface area contributed by atoms with Crippen LogP contribution >= 0.6 is 0 Å². The number of fused-ring (bicyclic) bond motifs is 16. The lowest BCUT2D eigenvalue weighted by Crippen LogP contribution is -2.10. The minimum Gasteiger partial charge on any atom is -0.454 e. The van der Waals surface area contributed by atoms with E-state index in [0.29, 0.717) is 0 Å². The van der Waals surface area contributed by atoms with Gasteiger partial charge in [0.25, 0.3) is 0 Å². The number of rotatable bonds is 17. The lowest BCUT2D eigenvalue weighted by molar-refractivity contribution is 0.669. The average Bonchev–Trinajstić information content (AvgIpc) is 1.58. The minimum absolute atomic E-state index is 0.862. The van der Waals surface area contributed by atoms with E-state index in [4.69, 9.17) is 8.83 Å². The fourth-order valence-corrected chi connectivity index (χ4v) is 21.1. The zero-order chi connectivity index (χ0) is 92.5. The molecule has 140 heavy (non-hydrogen) atoms. The van der Waals surface area contributed by atoms with Crippen LogP contribution in [0.3, 0.4) is 0 Å². The number of furan rings is 2. The van der Waals surface area contributed by atoms with Gasteiger partial charge in [-0.25, -0.2) is 0 Å². The van der Waals surface area contributed by atoms with Gasteiger partial charge in [-0.3, -0.25) is 0 Å². The van der Waals surface area contributed by atoms with E-state index >= 15 is 0 Å². The molecule has 0 spiro atoms. The number of anilines is 6. The van der Waals surface area contributed by atoms with Crippen LogP contribution in [0.15, 0.2) is 543 Å². The molecule has 0 bridgehead atoms. The number of hydrogen-bond donors (Lipinski definition) is 0. The van der Waals surface area contributed by atoms with Crippen molar-refractivity contribution in [1.29, 1.82) is 0 Å². The summed E-state index contributed by atoms with van der Waals surface area (Å²) in [5.41, 5.74) is 38.1. The Hall–Kier alpha value is -18.6. The predicted molar refractivity (Wildman–Crippen MR) is 589 cm³/mol. The molecule has 0 atom stereocenters. The summed E-state index contributed by atoms with van der Waals surface area (Å²) in [6.07, 6.45) is 0. The molecular weight excluding hydrogens is 1700 g/mol. The molecule has 0 aliphatic carbocycles. The summed E-state index contributed by atoms with van der Waals surface area (Å²) in [5.74, 6) is 0. The van der Waals surface area contributed by atoms with Crippen molar-refractivity contribution in [2.45, 2.75) is 0 Å². The molecule has 0 N–H and O–H groups in total. The number of para-hydroxylation sites is 6. The molecule has 23 aromatic carbocycles. The van der Waals surface area contributed by atoms with E-state index in [9.17, 15) is 0 Å². The van der Waals surface area contributed by atoms with Crippen LogP contribution in [-0.4, -0.2) is 9.13 Å². The fourth-order valence-electron chi connectivity index (χ4n) is 21.1. The summed E-state index contributed by atoms with van der Waals surface area (Å²) in [6, 6.07) is 192. The first-order chi connectivity index (χ1) is 69.4. The average molecular weight is 1790 g/mol. The van der Waals surface area contributed by atoms with Gasteiger partial charge in [-0.1, -0.05) is 406 Å². The van der Waals surface area contributed by atoms with Gasteiger partial charge >= 0.3 is 0 Å². The highest BCUT2D eigenvalue weighted by Crippen LogP contribution is 2.50. The molecule has 656 valence electrons. The molecule has 27 rings (SSSR count). The highest BCUT2D eigenvalue weighted by Gasteiger charge is 2.27. The van der Waals surface area contributed by atoms with E-state index in [1.54, 1.807) is 0 Å². The van der Waals surface area contributed by atoms with Gasteiger partial charge in [-0.15, -0.1) is 0 Å². The normalized spacial score (nSPS) is 11.6. The fraction of sp³-hybridized carbons (Fsp3) is 0. The zero-order valence-electron chi connectivity index (χ0n) is 76.4. The number of aromatic nitrogens is 2. The molecule has 0 fully saturated rings. The maximum Gasteiger partial charge on any atom is 0.160 e. The number of hydrogen-bond acceptors (Lipinski definition) is 4. The Morgan fingerprint density at radius 2 is 0.371 bits per heavy atom. The Morgan fingerprint density at radius 1 is 0.150 bits per heavy atom. The molecule has 0 aliphatic heterocycles. The topological polar surface area (TPSA) is 42.6 Å². The smallest absolute Gasteiger partial charge is 0.160 e. The van der Waals surface area contributed by atoms with Gasteiger partial charge in [-0.05, 0) is 249 Å². The van der Waals surface area contributed by atoms with Gasteiger partial charge in [0.15, 0.2) is 11.2 Å². The quantitative estimate of drug-likeness (QED) is 0.0911. The highest BCUT2D eigenvalue weighted by molar-refractivity contribution is 6.25. The molecule has 0 amide bonds. The SMILES string of the molecule is c1ccc(-c2ccc(-c3ccc(N(c4ccc(-c5ccc(-c6ccc(-c7ccc8c(c7)c7ccccc7n8-c7ccccc7)cc6)cc5)cc4)c4cc5ccccc5c5c4oc4ccccc45)cc3)cc2)cc1.c1ccc(-c2ccc(-c3ccc(N(c4ccc(-c5ccc(-c6ccc(-n7c8ccccc8c8ccccc87)cc6)cc5)cc4)c4cc5ccccc5c5c4oc4ccccc45)cc3)cc2)cc1. The minimum atomic E-state index is 0.862.